The highest BCUT2D eigenvalue weighted by atomic mass is 16.5. The maximum absolute atomic E-state index is 5.77. The molecule has 1 aliphatic carbocycles. The maximum Gasteiger partial charge on any atom is 0.231 e. The fourth-order valence-corrected chi connectivity index (χ4v) is 2.74. The first-order valence-corrected chi connectivity index (χ1v) is 6.98. The average molecular weight is 257 g/mol. The summed E-state index contributed by atoms with van der Waals surface area (Å²) in [6.07, 6.45) is 6.94. The number of benzene rings is 1. The Morgan fingerprint density at radius 3 is 2.84 bits per heavy atom. The van der Waals surface area contributed by atoms with Crippen molar-refractivity contribution in [3.05, 3.63) is 41.5 Å². The number of rotatable bonds is 3. The van der Waals surface area contributed by atoms with Gasteiger partial charge in [-0.3, -0.25) is 0 Å². The zero-order valence-corrected chi connectivity index (χ0v) is 11.0. The van der Waals surface area contributed by atoms with Crippen molar-refractivity contribution in [1.82, 2.24) is 10.1 Å². The summed E-state index contributed by atoms with van der Waals surface area (Å²) in [7, 11) is 0. The van der Waals surface area contributed by atoms with Crippen LogP contribution in [0.4, 0.5) is 5.69 Å². The molecular weight excluding hydrogens is 238 g/mol. The van der Waals surface area contributed by atoms with Gasteiger partial charge in [0.2, 0.25) is 5.89 Å². The lowest BCUT2D eigenvalue weighted by atomic mass is 9.89. The molecule has 2 aromatic rings. The van der Waals surface area contributed by atoms with Crippen LogP contribution in [0.1, 0.15) is 55.3 Å². The molecule has 2 N–H and O–H groups in total. The van der Waals surface area contributed by atoms with Crippen molar-refractivity contribution in [3.63, 3.8) is 0 Å². The fraction of sp³-hybridized carbons (Fsp3) is 0.467. The van der Waals surface area contributed by atoms with E-state index < -0.39 is 0 Å². The lowest BCUT2D eigenvalue weighted by molar-refractivity contribution is 0.362. The van der Waals surface area contributed by atoms with E-state index in [2.05, 4.69) is 10.1 Å². The highest BCUT2D eigenvalue weighted by Crippen LogP contribution is 2.30. The molecule has 1 saturated carbocycles. The minimum Gasteiger partial charge on any atom is -0.399 e. The summed E-state index contributed by atoms with van der Waals surface area (Å²) in [6.45, 7) is 0. The number of hydrogen-bond donors (Lipinski definition) is 1. The van der Waals surface area contributed by atoms with E-state index in [4.69, 9.17) is 10.3 Å². The van der Waals surface area contributed by atoms with Gasteiger partial charge in [0.15, 0.2) is 5.82 Å². The quantitative estimate of drug-likeness (QED) is 0.857. The Bertz CT molecular complexity index is 544. The van der Waals surface area contributed by atoms with Crippen molar-refractivity contribution in [3.8, 4) is 0 Å². The molecule has 0 bridgehead atoms. The van der Waals surface area contributed by atoms with Crippen LogP contribution in [0.25, 0.3) is 0 Å². The Morgan fingerprint density at radius 2 is 2.05 bits per heavy atom. The van der Waals surface area contributed by atoms with E-state index in [0.29, 0.717) is 18.2 Å². The predicted octanol–water partition coefficient (Wildman–Crippen LogP) is 3.29. The lowest BCUT2D eigenvalue weighted by Crippen LogP contribution is -2.06. The highest BCUT2D eigenvalue weighted by molar-refractivity contribution is 5.41. The summed E-state index contributed by atoms with van der Waals surface area (Å²) in [5.41, 5.74) is 7.65. The van der Waals surface area contributed by atoms with E-state index in [1.807, 2.05) is 24.3 Å². The minimum atomic E-state index is 0.493. The third kappa shape index (κ3) is 2.95. The zero-order chi connectivity index (χ0) is 13.1. The van der Waals surface area contributed by atoms with E-state index in [9.17, 15) is 0 Å². The number of anilines is 1. The second-order valence-corrected chi connectivity index (χ2v) is 5.30. The molecule has 0 atom stereocenters. The predicted molar refractivity (Wildman–Crippen MR) is 73.8 cm³/mol. The summed E-state index contributed by atoms with van der Waals surface area (Å²) in [4.78, 5) is 4.54. The van der Waals surface area contributed by atoms with E-state index >= 15 is 0 Å². The molecule has 1 aliphatic rings. The zero-order valence-electron chi connectivity index (χ0n) is 11.0. The van der Waals surface area contributed by atoms with Gasteiger partial charge in [0.05, 0.1) is 6.42 Å². The molecule has 1 heterocycles. The van der Waals surface area contributed by atoms with Gasteiger partial charge >= 0.3 is 0 Å². The van der Waals surface area contributed by atoms with Crippen LogP contribution in [0.15, 0.2) is 28.8 Å². The first kappa shape index (κ1) is 12.2. The van der Waals surface area contributed by atoms with Crippen LogP contribution in [-0.4, -0.2) is 10.1 Å². The molecule has 1 fully saturated rings. The molecule has 4 nitrogen and oxygen atoms in total. The van der Waals surface area contributed by atoms with Gasteiger partial charge in [-0.15, -0.1) is 0 Å². The molecule has 100 valence electrons. The molecule has 0 aliphatic heterocycles. The molecule has 0 radical (unpaired) electrons. The standard InChI is InChI=1S/C15H19N3O/c16-13-8-4-5-11(9-13)10-14-17-15(18-19-14)12-6-2-1-3-7-12/h4-5,8-9,12H,1-3,6-7,10,16H2. The molecule has 19 heavy (non-hydrogen) atoms. The Labute approximate surface area is 113 Å². The number of nitrogens with zero attached hydrogens (tertiary/aromatic N) is 2. The van der Waals surface area contributed by atoms with Gasteiger partial charge in [0.25, 0.3) is 0 Å². The van der Waals surface area contributed by atoms with Crippen molar-refractivity contribution < 1.29 is 4.52 Å². The van der Waals surface area contributed by atoms with Crippen molar-refractivity contribution in [2.45, 2.75) is 44.4 Å². The molecule has 3 rings (SSSR count). The summed E-state index contributed by atoms with van der Waals surface area (Å²) in [5.74, 6) is 2.07. The number of hydrogen-bond acceptors (Lipinski definition) is 4. The average Bonchev–Trinajstić information content (AvgIpc) is 2.88. The monoisotopic (exact) mass is 257 g/mol. The summed E-state index contributed by atoms with van der Waals surface area (Å²) < 4.78 is 5.36. The van der Waals surface area contributed by atoms with E-state index in [-0.39, 0.29) is 0 Å². The van der Waals surface area contributed by atoms with Crippen LogP contribution in [0.5, 0.6) is 0 Å². The van der Waals surface area contributed by atoms with E-state index in [1.54, 1.807) is 0 Å². The second kappa shape index (κ2) is 5.43. The molecule has 0 spiro atoms. The van der Waals surface area contributed by atoms with Gasteiger partial charge in [-0.25, -0.2) is 0 Å². The minimum absolute atomic E-state index is 0.493. The fourth-order valence-electron chi connectivity index (χ4n) is 2.74. The van der Waals surface area contributed by atoms with Crippen LogP contribution in [-0.2, 0) is 6.42 Å². The normalized spacial score (nSPS) is 16.6. The van der Waals surface area contributed by atoms with E-state index in [1.165, 1.54) is 32.1 Å². The van der Waals surface area contributed by atoms with Gasteiger partial charge in [-0.2, -0.15) is 4.98 Å². The van der Waals surface area contributed by atoms with Gasteiger partial charge < -0.3 is 10.3 Å². The largest absolute Gasteiger partial charge is 0.399 e. The Balaban J connectivity index is 1.70. The maximum atomic E-state index is 5.77. The third-order valence-corrected chi connectivity index (χ3v) is 3.76. The van der Waals surface area contributed by atoms with Crippen LogP contribution < -0.4 is 5.73 Å². The summed E-state index contributed by atoms with van der Waals surface area (Å²) >= 11 is 0. The molecular formula is C15H19N3O. The Hall–Kier alpha value is -1.84. The van der Waals surface area contributed by atoms with Crippen LogP contribution in [0.2, 0.25) is 0 Å². The van der Waals surface area contributed by atoms with Crippen LogP contribution in [0.3, 0.4) is 0 Å². The Morgan fingerprint density at radius 1 is 1.21 bits per heavy atom. The van der Waals surface area contributed by atoms with Crippen molar-refractivity contribution in [2.24, 2.45) is 0 Å². The third-order valence-electron chi connectivity index (χ3n) is 3.76. The molecule has 0 unspecified atom stereocenters. The summed E-state index contributed by atoms with van der Waals surface area (Å²) in [6, 6.07) is 7.80. The van der Waals surface area contributed by atoms with Crippen molar-refractivity contribution in [2.75, 3.05) is 5.73 Å². The van der Waals surface area contributed by atoms with Gasteiger partial charge in [-0.1, -0.05) is 36.6 Å². The topological polar surface area (TPSA) is 64.9 Å². The van der Waals surface area contributed by atoms with Gasteiger partial charge in [0, 0.05) is 11.6 Å². The highest BCUT2D eigenvalue weighted by Gasteiger charge is 2.20. The molecule has 1 aromatic carbocycles. The smallest absolute Gasteiger partial charge is 0.231 e. The SMILES string of the molecule is Nc1cccc(Cc2nc(C3CCCCC3)no2)c1. The van der Waals surface area contributed by atoms with Crippen LogP contribution >= 0.6 is 0 Å². The lowest BCUT2D eigenvalue weighted by Gasteiger charge is -2.17. The first-order chi connectivity index (χ1) is 9.31. The van der Waals surface area contributed by atoms with Crippen molar-refractivity contribution >= 4 is 5.69 Å². The second-order valence-electron chi connectivity index (χ2n) is 5.30. The summed E-state index contributed by atoms with van der Waals surface area (Å²) in [5, 5.41) is 4.14. The number of aromatic nitrogens is 2. The van der Waals surface area contributed by atoms with Gasteiger partial charge in [0.1, 0.15) is 0 Å². The number of nitrogen functional groups attached to an aromatic ring is 1. The molecule has 0 saturated heterocycles. The molecule has 4 heteroatoms. The van der Waals surface area contributed by atoms with Crippen LogP contribution in [0, 0.1) is 0 Å². The van der Waals surface area contributed by atoms with Gasteiger partial charge in [-0.05, 0) is 30.5 Å². The number of nitrogens with two attached hydrogens (primary N) is 1. The molecule has 0 amide bonds. The Kier molecular flexibility index (Phi) is 3.49. The van der Waals surface area contributed by atoms with E-state index in [0.717, 1.165) is 17.1 Å². The first-order valence-electron chi connectivity index (χ1n) is 6.98. The van der Waals surface area contributed by atoms with Crippen molar-refractivity contribution in [1.29, 1.82) is 0 Å². The molecule has 1 aromatic heterocycles.